The molecule has 1 N–H and O–H groups in total. The van der Waals surface area contributed by atoms with Crippen LogP contribution in [0.1, 0.15) is 23.2 Å². The van der Waals surface area contributed by atoms with Crippen LogP contribution in [0.2, 0.25) is 5.02 Å². The normalized spacial score (nSPS) is 17.8. The Hall–Kier alpha value is -0.720. The lowest BCUT2D eigenvalue weighted by atomic mass is 9.92. The van der Waals surface area contributed by atoms with Crippen molar-refractivity contribution >= 4 is 33.4 Å². The molecule has 20 heavy (non-hydrogen) atoms. The number of hydrogen-bond donors (Lipinski definition) is 1. The lowest BCUT2D eigenvalue weighted by Crippen LogP contribution is -2.53. The van der Waals surface area contributed by atoms with Gasteiger partial charge in [-0.05, 0) is 25.0 Å². The second-order valence-corrected chi connectivity index (χ2v) is 5.69. The third kappa shape index (κ3) is 3.30. The van der Waals surface area contributed by atoms with Crippen LogP contribution in [0.5, 0.6) is 0 Å². The molecule has 0 saturated carbocycles. The van der Waals surface area contributed by atoms with Crippen LogP contribution in [-0.4, -0.2) is 30.0 Å². The van der Waals surface area contributed by atoms with Crippen LogP contribution in [-0.2, 0) is 4.74 Å². The first kappa shape index (κ1) is 15.7. The van der Waals surface area contributed by atoms with E-state index in [1.165, 1.54) is 0 Å². The largest absolute Gasteiger partial charge is 0.381 e. The minimum atomic E-state index is -0.842. The molecule has 1 aliphatic heterocycles. The number of halogens is 4. The van der Waals surface area contributed by atoms with Gasteiger partial charge in [-0.3, -0.25) is 4.79 Å². The summed E-state index contributed by atoms with van der Waals surface area (Å²) in [6.07, 6.45) is 1.23. The van der Waals surface area contributed by atoms with Gasteiger partial charge in [0.25, 0.3) is 5.91 Å². The fraction of sp³-hybridized carbons (Fsp3) is 0.462. The van der Waals surface area contributed by atoms with Crippen molar-refractivity contribution in [2.24, 2.45) is 0 Å². The molecule has 1 aliphatic rings. The second-order valence-electron chi connectivity index (χ2n) is 4.73. The van der Waals surface area contributed by atoms with E-state index in [1.807, 2.05) is 0 Å². The van der Waals surface area contributed by atoms with Gasteiger partial charge in [0.1, 0.15) is 11.6 Å². The van der Waals surface area contributed by atoms with Crippen molar-refractivity contribution in [1.82, 2.24) is 5.32 Å². The molecule has 0 spiro atoms. The Morgan fingerprint density at radius 2 is 2.00 bits per heavy atom. The number of hydrogen-bond acceptors (Lipinski definition) is 2. The fourth-order valence-electron chi connectivity index (χ4n) is 2.06. The van der Waals surface area contributed by atoms with E-state index in [4.69, 9.17) is 16.3 Å². The summed E-state index contributed by atoms with van der Waals surface area (Å²) in [4.78, 5) is 12.1. The number of amides is 1. The molecule has 1 heterocycles. The van der Waals surface area contributed by atoms with Gasteiger partial charge in [0.05, 0.1) is 16.1 Å². The zero-order valence-corrected chi connectivity index (χ0v) is 12.9. The summed E-state index contributed by atoms with van der Waals surface area (Å²) in [6, 6.07) is 1.62. The molecule has 7 heteroatoms. The molecule has 0 radical (unpaired) electrons. The zero-order chi connectivity index (χ0) is 14.8. The first-order valence-electron chi connectivity index (χ1n) is 6.08. The van der Waals surface area contributed by atoms with Crippen molar-refractivity contribution in [2.45, 2.75) is 18.4 Å². The Bertz CT molecular complexity index is 521. The molecular formula is C13H13BrClF2NO2. The summed E-state index contributed by atoms with van der Waals surface area (Å²) in [5.41, 5.74) is -0.851. The van der Waals surface area contributed by atoms with E-state index in [9.17, 15) is 13.6 Å². The Balaban J connectivity index is 2.21. The second kappa shape index (κ2) is 6.37. The van der Waals surface area contributed by atoms with Gasteiger partial charge in [0.2, 0.25) is 0 Å². The van der Waals surface area contributed by atoms with Crippen molar-refractivity contribution < 1.29 is 18.3 Å². The van der Waals surface area contributed by atoms with E-state index in [2.05, 4.69) is 21.2 Å². The van der Waals surface area contributed by atoms with Gasteiger partial charge in [-0.15, -0.1) is 0 Å². The number of ether oxygens (including phenoxy) is 1. The maximum absolute atomic E-state index is 13.7. The van der Waals surface area contributed by atoms with E-state index in [1.54, 1.807) is 0 Å². The van der Waals surface area contributed by atoms with Crippen molar-refractivity contribution in [3.63, 3.8) is 0 Å². The monoisotopic (exact) mass is 367 g/mol. The van der Waals surface area contributed by atoms with Gasteiger partial charge in [-0.25, -0.2) is 8.78 Å². The van der Waals surface area contributed by atoms with Crippen LogP contribution in [0, 0.1) is 11.6 Å². The zero-order valence-electron chi connectivity index (χ0n) is 10.5. The standard InChI is InChI=1S/C13H13BrClF2NO2/c14-7-13(1-3-20-4-2-13)18-12(19)8-5-11(17)9(15)6-10(8)16/h5-6H,1-4,7H2,(H,18,19). The smallest absolute Gasteiger partial charge is 0.254 e. The molecule has 0 bridgehead atoms. The Morgan fingerprint density at radius 1 is 1.35 bits per heavy atom. The summed E-state index contributed by atoms with van der Waals surface area (Å²) in [5, 5.41) is 2.94. The number of carbonyl (C=O) groups is 1. The van der Waals surface area contributed by atoms with Crippen molar-refractivity contribution in [2.75, 3.05) is 18.5 Å². The van der Waals surface area contributed by atoms with Gasteiger partial charge in [0, 0.05) is 18.5 Å². The molecule has 2 rings (SSSR count). The van der Waals surface area contributed by atoms with Crippen molar-refractivity contribution in [1.29, 1.82) is 0 Å². The predicted octanol–water partition coefficient (Wildman–Crippen LogP) is 3.29. The van der Waals surface area contributed by atoms with E-state index in [-0.39, 0.29) is 10.6 Å². The molecule has 0 aliphatic carbocycles. The quantitative estimate of drug-likeness (QED) is 0.657. The van der Waals surface area contributed by atoms with Crippen LogP contribution in [0.3, 0.4) is 0 Å². The lowest BCUT2D eigenvalue weighted by molar-refractivity contribution is 0.0440. The molecule has 110 valence electrons. The SMILES string of the molecule is O=C(NC1(CBr)CCOCC1)c1cc(F)c(Cl)cc1F. The van der Waals surface area contributed by atoms with Gasteiger partial charge < -0.3 is 10.1 Å². The van der Waals surface area contributed by atoms with Crippen LogP contribution in [0.4, 0.5) is 8.78 Å². The molecule has 1 aromatic rings. The topological polar surface area (TPSA) is 38.3 Å². The van der Waals surface area contributed by atoms with Crippen LogP contribution in [0.25, 0.3) is 0 Å². The highest BCUT2D eigenvalue weighted by Gasteiger charge is 2.34. The summed E-state index contributed by atoms with van der Waals surface area (Å²) in [5.74, 6) is -2.32. The summed E-state index contributed by atoms with van der Waals surface area (Å²) in [7, 11) is 0. The lowest BCUT2D eigenvalue weighted by Gasteiger charge is -2.36. The third-order valence-corrected chi connectivity index (χ3v) is 4.70. The minimum absolute atomic E-state index is 0.347. The Morgan fingerprint density at radius 3 is 2.60 bits per heavy atom. The van der Waals surface area contributed by atoms with Crippen LogP contribution >= 0.6 is 27.5 Å². The van der Waals surface area contributed by atoms with Crippen LogP contribution < -0.4 is 5.32 Å². The molecular weight excluding hydrogens is 356 g/mol. The predicted molar refractivity (Wildman–Crippen MR) is 75.4 cm³/mol. The maximum atomic E-state index is 13.7. The van der Waals surface area contributed by atoms with E-state index < -0.39 is 23.1 Å². The molecule has 3 nitrogen and oxygen atoms in total. The highest BCUT2D eigenvalue weighted by atomic mass is 79.9. The molecule has 1 amide bonds. The minimum Gasteiger partial charge on any atom is -0.381 e. The van der Waals surface area contributed by atoms with Gasteiger partial charge in [-0.1, -0.05) is 27.5 Å². The van der Waals surface area contributed by atoms with Crippen LogP contribution in [0.15, 0.2) is 12.1 Å². The highest BCUT2D eigenvalue weighted by molar-refractivity contribution is 9.09. The molecule has 1 fully saturated rings. The highest BCUT2D eigenvalue weighted by Crippen LogP contribution is 2.25. The molecule has 1 saturated heterocycles. The summed E-state index contributed by atoms with van der Waals surface area (Å²) in [6.45, 7) is 1.03. The number of carbonyl (C=O) groups excluding carboxylic acids is 1. The van der Waals surface area contributed by atoms with Gasteiger partial charge in [-0.2, -0.15) is 0 Å². The van der Waals surface area contributed by atoms with E-state index >= 15 is 0 Å². The number of alkyl halides is 1. The summed E-state index contributed by atoms with van der Waals surface area (Å²) < 4.78 is 32.3. The summed E-state index contributed by atoms with van der Waals surface area (Å²) >= 11 is 8.82. The molecule has 0 unspecified atom stereocenters. The van der Waals surface area contributed by atoms with Gasteiger partial charge >= 0.3 is 0 Å². The maximum Gasteiger partial charge on any atom is 0.254 e. The van der Waals surface area contributed by atoms with Crippen molar-refractivity contribution in [3.05, 3.63) is 34.4 Å². The number of benzene rings is 1. The molecule has 0 atom stereocenters. The number of nitrogens with one attached hydrogen (secondary N) is 1. The van der Waals surface area contributed by atoms with E-state index in [0.29, 0.717) is 31.4 Å². The Kier molecular flexibility index (Phi) is 4.99. The van der Waals surface area contributed by atoms with Gasteiger partial charge in [0.15, 0.2) is 0 Å². The van der Waals surface area contributed by atoms with Crippen molar-refractivity contribution in [3.8, 4) is 0 Å². The average Bonchev–Trinajstić information content (AvgIpc) is 2.43. The average molecular weight is 369 g/mol. The number of rotatable bonds is 3. The fourth-order valence-corrected chi connectivity index (χ4v) is 2.91. The molecule has 1 aromatic carbocycles. The van der Waals surface area contributed by atoms with E-state index in [0.717, 1.165) is 12.1 Å². The first-order valence-corrected chi connectivity index (χ1v) is 7.58. The third-order valence-electron chi connectivity index (χ3n) is 3.34. The first-order chi connectivity index (χ1) is 9.47. The molecule has 0 aromatic heterocycles. The Labute approximate surface area is 128 Å².